The number of benzene rings is 1. The van der Waals surface area contributed by atoms with E-state index in [-0.39, 0.29) is 17.7 Å². The fraction of sp³-hybridized carbons (Fsp3) is 0.400. The van der Waals surface area contributed by atoms with E-state index in [9.17, 15) is 13.2 Å². The first kappa shape index (κ1) is 23.9. The molecule has 0 saturated carbocycles. The molecule has 0 fully saturated rings. The van der Waals surface area contributed by atoms with Crippen LogP contribution < -0.4 is 4.74 Å². The van der Waals surface area contributed by atoms with Crippen LogP contribution in [0.5, 0.6) is 5.75 Å². The van der Waals surface area contributed by atoms with Crippen molar-refractivity contribution in [3.8, 4) is 5.75 Å². The van der Waals surface area contributed by atoms with Gasteiger partial charge in [0.05, 0.1) is 25.2 Å². The summed E-state index contributed by atoms with van der Waals surface area (Å²) >= 11 is 17.6. The van der Waals surface area contributed by atoms with Gasteiger partial charge in [0, 0.05) is 6.42 Å². The van der Waals surface area contributed by atoms with Crippen LogP contribution in [-0.2, 0) is 15.7 Å². The van der Waals surface area contributed by atoms with E-state index in [2.05, 4.69) is 0 Å². The van der Waals surface area contributed by atoms with E-state index < -0.39 is 16.8 Å². The van der Waals surface area contributed by atoms with Gasteiger partial charge in [-0.3, -0.25) is 0 Å². The van der Waals surface area contributed by atoms with Crippen molar-refractivity contribution in [2.45, 2.75) is 31.0 Å². The summed E-state index contributed by atoms with van der Waals surface area (Å²) < 4.78 is 54.5. The van der Waals surface area contributed by atoms with Crippen LogP contribution >= 0.6 is 34.8 Å². The second-order valence-corrected chi connectivity index (χ2v) is 7.99. The van der Waals surface area contributed by atoms with Crippen LogP contribution in [0.1, 0.15) is 25.3 Å². The highest BCUT2D eigenvalue weighted by Gasteiger charge is 2.31. The topological polar surface area (TPSA) is 27.7 Å². The molecule has 3 nitrogen and oxygen atoms in total. The Labute approximate surface area is 182 Å². The zero-order valence-electron chi connectivity index (χ0n) is 15.6. The van der Waals surface area contributed by atoms with Crippen LogP contribution in [-0.4, -0.2) is 24.9 Å². The van der Waals surface area contributed by atoms with Crippen molar-refractivity contribution >= 4 is 34.8 Å². The summed E-state index contributed by atoms with van der Waals surface area (Å²) in [6.45, 7) is 2.67. The molecule has 1 aliphatic rings. The Morgan fingerprint density at radius 1 is 1.14 bits per heavy atom. The lowest BCUT2D eigenvalue weighted by Gasteiger charge is -2.29. The van der Waals surface area contributed by atoms with Gasteiger partial charge in [-0.2, -0.15) is 13.2 Å². The summed E-state index contributed by atoms with van der Waals surface area (Å²) in [6.07, 6.45) is 1.64. The molecule has 1 aromatic carbocycles. The van der Waals surface area contributed by atoms with Gasteiger partial charge in [0.2, 0.25) is 0 Å². The highest BCUT2D eigenvalue weighted by molar-refractivity contribution is 6.55. The van der Waals surface area contributed by atoms with Crippen molar-refractivity contribution < 1.29 is 27.4 Å². The Bertz CT molecular complexity index is 769. The fourth-order valence-corrected chi connectivity index (χ4v) is 3.11. The third-order valence-electron chi connectivity index (χ3n) is 3.83. The third kappa shape index (κ3) is 8.51. The molecule has 1 unspecified atom stereocenters. The Balaban J connectivity index is 1.75. The Hall–Kier alpha value is -1.34. The number of allylic oxidation sites excluding steroid dienone is 2. The number of hydrogen-bond acceptors (Lipinski definition) is 3. The largest absolute Gasteiger partial charge is 0.494 e. The molecule has 0 aromatic heterocycles. The lowest BCUT2D eigenvalue weighted by atomic mass is 10.0. The molecule has 1 aromatic rings. The number of rotatable bonds is 9. The predicted molar refractivity (Wildman–Crippen MR) is 108 cm³/mol. The first-order valence-corrected chi connectivity index (χ1v) is 9.88. The summed E-state index contributed by atoms with van der Waals surface area (Å²) in [4.78, 5) is 0. The van der Waals surface area contributed by atoms with Crippen LogP contribution in [0.4, 0.5) is 13.2 Å². The van der Waals surface area contributed by atoms with Crippen molar-refractivity contribution in [3.63, 3.8) is 0 Å². The summed E-state index contributed by atoms with van der Waals surface area (Å²) in [5.74, 6) is 1.00. The van der Waals surface area contributed by atoms with E-state index in [0.29, 0.717) is 31.0 Å². The molecular weight excluding hydrogens is 452 g/mol. The van der Waals surface area contributed by atoms with Gasteiger partial charge in [0.15, 0.2) is 5.06 Å². The van der Waals surface area contributed by atoms with Crippen LogP contribution in [0.15, 0.2) is 58.3 Å². The van der Waals surface area contributed by atoms with E-state index in [1.807, 2.05) is 13.0 Å². The molecule has 0 saturated heterocycles. The summed E-state index contributed by atoms with van der Waals surface area (Å²) in [5.41, 5.74) is 0.176. The van der Waals surface area contributed by atoms with Gasteiger partial charge in [0.1, 0.15) is 22.6 Å². The number of alkyl halides is 4. The molecule has 1 aliphatic carbocycles. The van der Waals surface area contributed by atoms with Gasteiger partial charge in [-0.1, -0.05) is 34.8 Å². The van der Waals surface area contributed by atoms with Crippen LogP contribution in [0.3, 0.4) is 0 Å². The quantitative estimate of drug-likeness (QED) is 0.287. The van der Waals surface area contributed by atoms with Crippen LogP contribution in [0.25, 0.3) is 0 Å². The zero-order chi connectivity index (χ0) is 21.5. The van der Waals surface area contributed by atoms with Gasteiger partial charge in [-0.15, -0.1) is 0 Å². The Morgan fingerprint density at radius 2 is 1.83 bits per heavy atom. The SMILES string of the molecule is CC1=CC(Cl)(OCCCOc2ccc(C(F)(F)F)cc2)CC(OCC=C(Cl)Cl)=C1. The molecule has 9 heteroatoms. The number of halogens is 6. The maximum absolute atomic E-state index is 12.5. The zero-order valence-corrected chi connectivity index (χ0v) is 17.8. The van der Waals surface area contributed by atoms with E-state index >= 15 is 0 Å². The molecule has 0 aliphatic heterocycles. The van der Waals surface area contributed by atoms with Gasteiger partial charge < -0.3 is 14.2 Å². The molecule has 29 heavy (non-hydrogen) atoms. The van der Waals surface area contributed by atoms with Crippen molar-refractivity contribution in [1.29, 1.82) is 0 Å². The van der Waals surface area contributed by atoms with Crippen LogP contribution in [0.2, 0.25) is 0 Å². The summed E-state index contributed by atoms with van der Waals surface area (Å²) in [7, 11) is 0. The molecule has 2 rings (SSSR count). The molecule has 0 spiro atoms. The maximum Gasteiger partial charge on any atom is 0.416 e. The van der Waals surface area contributed by atoms with Gasteiger partial charge in [0.25, 0.3) is 0 Å². The number of hydrogen-bond donors (Lipinski definition) is 0. The molecule has 0 bridgehead atoms. The predicted octanol–water partition coefficient (Wildman–Crippen LogP) is 7.00. The van der Waals surface area contributed by atoms with E-state index in [1.165, 1.54) is 18.2 Å². The maximum atomic E-state index is 12.5. The Kier molecular flexibility index (Phi) is 8.76. The average Bonchev–Trinajstić information content (AvgIpc) is 2.60. The van der Waals surface area contributed by atoms with Crippen LogP contribution in [0, 0.1) is 0 Å². The minimum Gasteiger partial charge on any atom is -0.494 e. The Morgan fingerprint density at radius 3 is 2.45 bits per heavy atom. The van der Waals surface area contributed by atoms with Gasteiger partial charge in [-0.25, -0.2) is 0 Å². The summed E-state index contributed by atoms with van der Waals surface area (Å²) in [6, 6.07) is 4.54. The lowest BCUT2D eigenvalue weighted by molar-refractivity contribution is -0.137. The van der Waals surface area contributed by atoms with E-state index in [4.69, 9.17) is 49.0 Å². The molecule has 0 radical (unpaired) electrons. The standard InChI is InChI=1S/C20H20Cl3F3O3/c1-14-11-17(28-10-7-18(21)22)13-19(23,12-14)29-9-2-8-27-16-5-3-15(4-6-16)20(24,25)26/h3-7,11-12H,2,8-10,13H2,1H3. The minimum absolute atomic E-state index is 0.120. The normalized spacial score (nSPS) is 19.3. The molecular formula is C20H20Cl3F3O3. The first-order valence-electron chi connectivity index (χ1n) is 8.74. The van der Waals surface area contributed by atoms with Crippen molar-refractivity contribution in [3.05, 3.63) is 63.9 Å². The second kappa shape index (κ2) is 10.6. The second-order valence-electron chi connectivity index (χ2n) is 6.34. The highest BCUT2D eigenvalue weighted by atomic mass is 35.5. The molecule has 0 N–H and O–H groups in total. The van der Waals surface area contributed by atoms with E-state index in [1.54, 1.807) is 6.08 Å². The fourth-order valence-electron chi connectivity index (χ4n) is 2.60. The average molecular weight is 472 g/mol. The van der Waals surface area contributed by atoms with Gasteiger partial charge >= 0.3 is 6.18 Å². The van der Waals surface area contributed by atoms with E-state index in [0.717, 1.165) is 17.7 Å². The van der Waals surface area contributed by atoms with Crippen molar-refractivity contribution in [2.24, 2.45) is 0 Å². The monoisotopic (exact) mass is 470 g/mol. The minimum atomic E-state index is -4.36. The lowest BCUT2D eigenvalue weighted by Crippen LogP contribution is -2.28. The molecule has 0 amide bonds. The van der Waals surface area contributed by atoms with Gasteiger partial charge in [-0.05, 0) is 55.0 Å². The third-order valence-corrected chi connectivity index (χ3v) is 4.50. The first-order chi connectivity index (χ1) is 13.6. The molecule has 0 heterocycles. The summed E-state index contributed by atoms with van der Waals surface area (Å²) in [5, 5.41) is -1.04. The molecule has 160 valence electrons. The molecule has 1 atom stereocenters. The highest BCUT2D eigenvalue weighted by Crippen LogP contribution is 2.34. The van der Waals surface area contributed by atoms with Crippen molar-refractivity contribution in [1.82, 2.24) is 0 Å². The van der Waals surface area contributed by atoms with Crippen molar-refractivity contribution in [2.75, 3.05) is 19.8 Å². The smallest absolute Gasteiger partial charge is 0.416 e. The number of ether oxygens (including phenoxy) is 3.